The standard InChI is InChI=1S/C18H25N3O4/c1-4-13(2)19-16(22)12-21-15-9-6-5-8-14(15)17(23)20(18(21)24)10-7-11-25-3/h5-6,8-9,13H,4,7,10-12H2,1-3H3,(H,19,22)/t13-/m1/s1. The van der Waals surface area contributed by atoms with E-state index in [-0.39, 0.29) is 30.6 Å². The van der Waals surface area contributed by atoms with Gasteiger partial charge in [-0.1, -0.05) is 19.1 Å². The molecule has 1 amide bonds. The topological polar surface area (TPSA) is 82.3 Å². The fraction of sp³-hybridized carbons (Fsp3) is 0.500. The highest BCUT2D eigenvalue weighted by atomic mass is 16.5. The van der Waals surface area contributed by atoms with Crippen molar-refractivity contribution in [3.05, 3.63) is 45.1 Å². The normalized spacial score (nSPS) is 12.3. The molecule has 0 unspecified atom stereocenters. The molecule has 0 bridgehead atoms. The molecule has 7 heteroatoms. The SMILES string of the molecule is CC[C@@H](C)NC(=O)Cn1c(=O)n(CCCOC)c(=O)c2ccccc21. The van der Waals surface area contributed by atoms with Gasteiger partial charge in [-0.05, 0) is 31.9 Å². The number of amides is 1. The van der Waals surface area contributed by atoms with Crippen molar-refractivity contribution in [3.63, 3.8) is 0 Å². The molecule has 136 valence electrons. The van der Waals surface area contributed by atoms with Gasteiger partial charge >= 0.3 is 5.69 Å². The summed E-state index contributed by atoms with van der Waals surface area (Å²) < 4.78 is 7.53. The lowest BCUT2D eigenvalue weighted by Gasteiger charge is -2.16. The van der Waals surface area contributed by atoms with Gasteiger partial charge < -0.3 is 10.1 Å². The second kappa shape index (κ2) is 8.62. The summed E-state index contributed by atoms with van der Waals surface area (Å²) in [5.41, 5.74) is -0.339. The second-order valence-corrected chi connectivity index (χ2v) is 6.07. The van der Waals surface area contributed by atoms with Gasteiger partial charge in [0, 0.05) is 26.3 Å². The molecule has 2 aromatic rings. The second-order valence-electron chi connectivity index (χ2n) is 6.07. The summed E-state index contributed by atoms with van der Waals surface area (Å²) in [6, 6.07) is 6.89. The van der Waals surface area contributed by atoms with Gasteiger partial charge in [-0.15, -0.1) is 0 Å². The number of fused-ring (bicyclic) bond motifs is 1. The Morgan fingerprint density at radius 3 is 2.64 bits per heavy atom. The molecule has 0 aliphatic carbocycles. The van der Waals surface area contributed by atoms with Crippen LogP contribution in [0.15, 0.2) is 33.9 Å². The van der Waals surface area contributed by atoms with E-state index in [0.717, 1.165) is 6.42 Å². The third-order valence-electron chi connectivity index (χ3n) is 4.18. The van der Waals surface area contributed by atoms with Gasteiger partial charge in [0.05, 0.1) is 10.9 Å². The molecule has 0 saturated carbocycles. The number of ether oxygens (including phenoxy) is 1. The lowest BCUT2D eigenvalue weighted by atomic mass is 10.2. The number of carbonyl (C=O) groups is 1. The quantitative estimate of drug-likeness (QED) is 0.726. The van der Waals surface area contributed by atoms with Crippen LogP contribution in [0.5, 0.6) is 0 Å². The number of rotatable bonds is 8. The summed E-state index contributed by atoms with van der Waals surface area (Å²) in [6.07, 6.45) is 1.35. The highest BCUT2D eigenvalue weighted by molar-refractivity contribution is 5.81. The fourth-order valence-corrected chi connectivity index (χ4v) is 2.65. The predicted molar refractivity (Wildman–Crippen MR) is 96.9 cm³/mol. The van der Waals surface area contributed by atoms with Gasteiger partial charge in [-0.3, -0.25) is 18.7 Å². The van der Waals surface area contributed by atoms with Crippen LogP contribution in [0.1, 0.15) is 26.7 Å². The zero-order chi connectivity index (χ0) is 18.4. The summed E-state index contributed by atoms with van der Waals surface area (Å²) in [4.78, 5) is 37.7. The Morgan fingerprint density at radius 1 is 1.24 bits per heavy atom. The Bertz CT molecular complexity index is 854. The molecule has 0 fully saturated rings. The average Bonchev–Trinajstić information content (AvgIpc) is 2.61. The van der Waals surface area contributed by atoms with E-state index >= 15 is 0 Å². The third kappa shape index (κ3) is 4.36. The van der Waals surface area contributed by atoms with Gasteiger partial charge in [-0.25, -0.2) is 4.79 Å². The zero-order valence-corrected chi connectivity index (χ0v) is 14.9. The summed E-state index contributed by atoms with van der Waals surface area (Å²) in [6.45, 7) is 4.47. The van der Waals surface area contributed by atoms with Crippen molar-refractivity contribution < 1.29 is 9.53 Å². The first kappa shape index (κ1) is 18.9. The number of nitrogens with one attached hydrogen (secondary N) is 1. The molecular formula is C18H25N3O4. The van der Waals surface area contributed by atoms with Crippen molar-refractivity contribution in [2.24, 2.45) is 0 Å². The third-order valence-corrected chi connectivity index (χ3v) is 4.18. The Hall–Kier alpha value is -2.41. The van der Waals surface area contributed by atoms with Gasteiger partial charge in [0.2, 0.25) is 5.91 Å². The maximum absolute atomic E-state index is 12.8. The summed E-state index contributed by atoms with van der Waals surface area (Å²) in [5.74, 6) is -0.247. The Kier molecular flexibility index (Phi) is 6.52. The molecule has 7 nitrogen and oxygen atoms in total. The first-order valence-electron chi connectivity index (χ1n) is 8.50. The molecule has 25 heavy (non-hydrogen) atoms. The molecule has 0 aliphatic heterocycles. The lowest BCUT2D eigenvalue weighted by molar-refractivity contribution is -0.122. The molecule has 1 aromatic heterocycles. The van der Waals surface area contributed by atoms with Crippen molar-refractivity contribution in [1.29, 1.82) is 0 Å². The number of benzene rings is 1. The summed E-state index contributed by atoms with van der Waals surface area (Å²) in [5, 5.41) is 3.28. The van der Waals surface area contributed by atoms with E-state index in [1.807, 2.05) is 13.8 Å². The van der Waals surface area contributed by atoms with Crippen molar-refractivity contribution in [2.75, 3.05) is 13.7 Å². The van der Waals surface area contributed by atoms with Crippen LogP contribution in [0.3, 0.4) is 0 Å². The first-order valence-corrected chi connectivity index (χ1v) is 8.50. The van der Waals surface area contributed by atoms with Gasteiger partial charge in [0.15, 0.2) is 0 Å². The number of hydrogen-bond donors (Lipinski definition) is 1. The molecule has 1 aromatic carbocycles. The molecule has 0 aliphatic rings. The Balaban J connectivity index is 2.48. The van der Waals surface area contributed by atoms with E-state index in [1.54, 1.807) is 31.4 Å². The Morgan fingerprint density at radius 2 is 1.96 bits per heavy atom. The largest absolute Gasteiger partial charge is 0.385 e. The maximum Gasteiger partial charge on any atom is 0.331 e. The number of carbonyl (C=O) groups excluding carboxylic acids is 1. The van der Waals surface area contributed by atoms with Crippen LogP contribution in [-0.2, 0) is 22.6 Å². The van der Waals surface area contributed by atoms with E-state index in [9.17, 15) is 14.4 Å². The fourth-order valence-electron chi connectivity index (χ4n) is 2.65. The van der Waals surface area contributed by atoms with Gasteiger partial charge in [0.1, 0.15) is 6.54 Å². The molecular weight excluding hydrogens is 322 g/mol. The zero-order valence-electron chi connectivity index (χ0n) is 14.9. The maximum atomic E-state index is 12.8. The number of nitrogens with zero attached hydrogens (tertiary/aromatic N) is 2. The smallest absolute Gasteiger partial charge is 0.331 e. The van der Waals surface area contributed by atoms with Gasteiger partial charge in [-0.2, -0.15) is 0 Å². The lowest BCUT2D eigenvalue weighted by Crippen LogP contribution is -2.43. The molecule has 0 spiro atoms. The minimum atomic E-state index is -0.473. The summed E-state index contributed by atoms with van der Waals surface area (Å²) >= 11 is 0. The van der Waals surface area contributed by atoms with Crippen molar-refractivity contribution >= 4 is 16.8 Å². The summed E-state index contributed by atoms with van der Waals surface area (Å²) in [7, 11) is 1.57. The Labute approximate surface area is 146 Å². The van der Waals surface area contributed by atoms with E-state index in [4.69, 9.17) is 4.74 Å². The number of para-hydroxylation sites is 1. The molecule has 1 N–H and O–H groups in total. The van der Waals surface area contributed by atoms with Crippen LogP contribution < -0.4 is 16.6 Å². The van der Waals surface area contributed by atoms with E-state index in [2.05, 4.69) is 5.32 Å². The van der Waals surface area contributed by atoms with E-state index in [0.29, 0.717) is 23.9 Å². The minimum absolute atomic E-state index is 0.0297. The van der Waals surface area contributed by atoms with Crippen molar-refractivity contribution in [3.8, 4) is 0 Å². The first-order chi connectivity index (χ1) is 12.0. The molecule has 1 atom stereocenters. The van der Waals surface area contributed by atoms with E-state index < -0.39 is 5.69 Å². The predicted octanol–water partition coefficient (Wildman–Crippen LogP) is 1.11. The minimum Gasteiger partial charge on any atom is -0.385 e. The molecule has 0 radical (unpaired) electrons. The van der Waals surface area contributed by atoms with Crippen LogP contribution >= 0.6 is 0 Å². The van der Waals surface area contributed by atoms with Crippen molar-refractivity contribution in [1.82, 2.24) is 14.5 Å². The molecule has 1 heterocycles. The number of aromatic nitrogens is 2. The van der Waals surface area contributed by atoms with Crippen LogP contribution in [0, 0.1) is 0 Å². The number of methoxy groups -OCH3 is 1. The monoisotopic (exact) mass is 347 g/mol. The van der Waals surface area contributed by atoms with Gasteiger partial charge in [0.25, 0.3) is 5.56 Å². The van der Waals surface area contributed by atoms with Crippen molar-refractivity contribution in [2.45, 2.75) is 45.8 Å². The van der Waals surface area contributed by atoms with Crippen LogP contribution in [-0.4, -0.2) is 34.8 Å². The average molecular weight is 347 g/mol. The highest BCUT2D eigenvalue weighted by Crippen LogP contribution is 2.07. The van der Waals surface area contributed by atoms with E-state index in [1.165, 1.54) is 9.13 Å². The van der Waals surface area contributed by atoms with Crippen LogP contribution in [0.2, 0.25) is 0 Å². The van der Waals surface area contributed by atoms with Crippen LogP contribution in [0.25, 0.3) is 10.9 Å². The molecule has 0 saturated heterocycles. The number of hydrogen-bond acceptors (Lipinski definition) is 4. The highest BCUT2D eigenvalue weighted by Gasteiger charge is 2.15. The molecule has 2 rings (SSSR count). The van der Waals surface area contributed by atoms with Crippen LogP contribution in [0.4, 0.5) is 0 Å².